The molecule has 0 radical (unpaired) electrons. The number of hydrogen-bond donors (Lipinski definition) is 1. The van der Waals surface area contributed by atoms with Crippen LogP contribution >= 0.6 is 11.3 Å². The van der Waals surface area contributed by atoms with Gasteiger partial charge in [-0.05, 0) is 30.0 Å². The summed E-state index contributed by atoms with van der Waals surface area (Å²) in [5.41, 5.74) is 3.86. The number of fused-ring (bicyclic) bond motifs is 1. The van der Waals surface area contributed by atoms with Crippen LogP contribution in [0, 0.1) is 6.92 Å². The molecule has 0 spiro atoms. The third-order valence-electron chi connectivity index (χ3n) is 2.74. The highest BCUT2D eigenvalue weighted by molar-refractivity contribution is 7.10. The average molecular weight is 213 g/mol. The van der Waals surface area contributed by atoms with Gasteiger partial charge in [-0.3, -0.25) is 0 Å². The topological polar surface area (TPSA) is 15.8 Å². The Morgan fingerprint density at radius 1 is 1.07 bits per heavy atom. The molecule has 2 heterocycles. The lowest BCUT2D eigenvalue weighted by molar-refractivity contribution is 1.47. The highest BCUT2D eigenvalue weighted by Crippen LogP contribution is 2.32. The van der Waals surface area contributed by atoms with Crippen LogP contribution in [-0.2, 0) is 0 Å². The third kappa shape index (κ3) is 1.29. The smallest absolute Gasteiger partial charge is 0.0460 e. The lowest BCUT2D eigenvalue weighted by Gasteiger charge is -1.97. The van der Waals surface area contributed by atoms with Gasteiger partial charge in [-0.25, -0.2) is 0 Å². The minimum Gasteiger partial charge on any atom is -0.361 e. The fourth-order valence-corrected chi connectivity index (χ4v) is 2.67. The van der Waals surface area contributed by atoms with Crippen molar-refractivity contribution in [2.24, 2.45) is 0 Å². The Balaban J connectivity index is 2.32. The first kappa shape index (κ1) is 8.74. The molecule has 1 aromatic carbocycles. The van der Waals surface area contributed by atoms with E-state index in [9.17, 15) is 0 Å². The van der Waals surface area contributed by atoms with E-state index in [1.807, 2.05) is 0 Å². The van der Waals surface area contributed by atoms with Crippen LogP contribution in [-0.4, -0.2) is 4.98 Å². The Morgan fingerprint density at radius 2 is 1.93 bits per heavy atom. The van der Waals surface area contributed by atoms with E-state index in [1.54, 1.807) is 11.3 Å². The standard InChI is InChI=1S/C13H11NS/c1-9-10(6-7-15-9)12-8-14-13-5-3-2-4-11(12)13/h2-8,14H,1H3. The lowest BCUT2D eigenvalue weighted by Crippen LogP contribution is -1.73. The first-order chi connectivity index (χ1) is 7.36. The first-order valence-electron chi connectivity index (χ1n) is 4.97. The molecule has 1 nitrogen and oxygen atoms in total. The molecule has 2 aromatic heterocycles. The maximum absolute atomic E-state index is 3.31. The molecule has 15 heavy (non-hydrogen) atoms. The van der Waals surface area contributed by atoms with Gasteiger partial charge in [0.15, 0.2) is 0 Å². The molecule has 0 aliphatic heterocycles. The Kier molecular flexibility index (Phi) is 1.89. The minimum atomic E-state index is 1.21. The van der Waals surface area contributed by atoms with E-state index >= 15 is 0 Å². The predicted octanol–water partition coefficient (Wildman–Crippen LogP) is 4.20. The number of benzene rings is 1. The summed E-state index contributed by atoms with van der Waals surface area (Å²) in [7, 11) is 0. The zero-order valence-electron chi connectivity index (χ0n) is 8.45. The molecule has 0 fully saturated rings. The van der Waals surface area contributed by atoms with Crippen molar-refractivity contribution in [2.75, 3.05) is 0 Å². The van der Waals surface area contributed by atoms with E-state index in [-0.39, 0.29) is 0 Å². The number of thiophene rings is 1. The second-order valence-corrected chi connectivity index (χ2v) is 4.76. The van der Waals surface area contributed by atoms with Crippen molar-refractivity contribution in [3.8, 4) is 11.1 Å². The fourth-order valence-electron chi connectivity index (χ4n) is 1.96. The lowest BCUT2D eigenvalue weighted by atomic mass is 10.1. The van der Waals surface area contributed by atoms with Crippen molar-refractivity contribution in [1.29, 1.82) is 0 Å². The SMILES string of the molecule is Cc1sccc1-c1c[nH]c2ccccc12. The van der Waals surface area contributed by atoms with Gasteiger partial charge >= 0.3 is 0 Å². The molecule has 0 saturated carbocycles. The highest BCUT2D eigenvalue weighted by Gasteiger charge is 2.07. The van der Waals surface area contributed by atoms with E-state index < -0.39 is 0 Å². The Bertz CT molecular complexity index is 604. The Hall–Kier alpha value is -1.54. The summed E-state index contributed by atoms with van der Waals surface area (Å²) in [6.07, 6.45) is 2.10. The number of aromatic amines is 1. The second kappa shape index (κ2) is 3.24. The first-order valence-corrected chi connectivity index (χ1v) is 5.85. The second-order valence-electron chi connectivity index (χ2n) is 3.64. The molecule has 0 atom stereocenters. The van der Waals surface area contributed by atoms with Crippen molar-refractivity contribution >= 4 is 22.2 Å². The zero-order chi connectivity index (χ0) is 10.3. The number of nitrogens with one attached hydrogen (secondary N) is 1. The molecular formula is C13H11NS. The van der Waals surface area contributed by atoms with Crippen molar-refractivity contribution in [3.63, 3.8) is 0 Å². The molecule has 0 aliphatic carbocycles. The molecule has 0 bridgehead atoms. The van der Waals surface area contributed by atoms with E-state index in [2.05, 4.69) is 53.8 Å². The van der Waals surface area contributed by atoms with Crippen LogP contribution in [0.5, 0.6) is 0 Å². The fraction of sp³-hybridized carbons (Fsp3) is 0.0769. The van der Waals surface area contributed by atoms with Gasteiger partial charge in [0, 0.05) is 27.5 Å². The predicted molar refractivity (Wildman–Crippen MR) is 66.3 cm³/mol. The van der Waals surface area contributed by atoms with Gasteiger partial charge < -0.3 is 4.98 Å². The molecule has 0 saturated heterocycles. The van der Waals surface area contributed by atoms with Gasteiger partial charge in [-0.15, -0.1) is 11.3 Å². The Labute approximate surface area is 92.4 Å². The van der Waals surface area contributed by atoms with Crippen LogP contribution in [0.3, 0.4) is 0 Å². The van der Waals surface area contributed by atoms with E-state index in [1.165, 1.54) is 26.9 Å². The van der Waals surface area contributed by atoms with Crippen molar-refractivity contribution in [3.05, 3.63) is 46.8 Å². The molecule has 0 unspecified atom stereocenters. The summed E-state index contributed by atoms with van der Waals surface area (Å²) in [5, 5.41) is 3.45. The van der Waals surface area contributed by atoms with E-state index in [0.29, 0.717) is 0 Å². The molecule has 0 aliphatic rings. The third-order valence-corrected chi connectivity index (χ3v) is 3.58. The van der Waals surface area contributed by atoms with Gasteiger partial charge in [-0.2, -0.15) is 0 Å². The maximum Gasteiger partial charge on any atom is 0.0460 e. The molecular weight excluding hydrogens is 202 g/mol. The van der Waals surface area contributed by atoms with Crippen LogP contribution in [0.25, 0.3) is 22.0 Å². The van der Waals surface area contributed by atoms with Gasteiger partial charge in [0.25, 0.3) is 0 Å². The van der Waals surface area contributed by atoms with Crippen LogP contribution in [0.1, 0.15) is 4.88 Å². The summed E-state index contributed by atoms with van der Waals surface area (Å²) < 4.78 is 0. The number of rotatable bonds is 1. The van der Waals surface area contributed by atoms with Crippen LogP contribution in [0.4, 0.5) is 0 Å². The average Bonchev–Trinajstić information content (AvgIpc) is 2.83. The molecule has 3 rings (SSSR count). The molecule has 2 heteroatoms. The van der Waals surface area contributed by atoms with E-state index in [0.717, 1.165) is 0 Å². The monoisotopic (exact) mass is 213 g/mol. The van der Waals surface area contributed by atoms with Crippen LogP contribution in [0.15, 0.2) is 41.9 Å². The molecule has 1 N–H and O–H groups in total. The summed E-state index contributed by atoms with van der Waals surface area (Å²) in [4.78, 5) is 4.68. The van der Waals surface area contributed by atoms with Gasteiger partial charge in [0.2, 0.25) is 0 Å². The highest BCUT2D eigenvalue weighted by atomic mass is 32.1. The summed E-state index contributed by atoms with van der Waals surface area (Å²) in [6.45, 7) is 2.17. The number of hydrogen-bond acceptors (Lipinski definition) is 1. The minimum absolute atomic E-state index is 1.21. The number of aromatic nitrogens is 1. The largest absolute Gasteiger partial charge is 0.361 e. The summed E-state index contributed by atoms with van der Waals surface area (Å²) in [5.74, 6) is 0. The van der Waals surface area contributed by atoms with Crippen LogP contribution < -0.4 is 0 Å². The molecule has 3 aromatic rings. The molecule has 74 valence electrons. The zero-order valence-corrected chi connectivity index (χ0v) is 9.27. The normalized spacial score (nSPS) is 11.0. The van der Waals surface area contributed by atoms with Gasteiger partial charge in [-0.1, -0.05) is 18.2 Å². The number of para-hydroxylation sites is 1. The maximum atomic E-state index is 3.31. The Morgan fingerprint density at radius 3 is 2.73 bits per heavy atom. The van der Waals surface area contributed by atoms with Gasteiger partial charge in [0.1, 0.15) is 0 Å². The quantitative estimate of drug-likeness (QED) is 0.623. The molecule has 0 amide bonds. The number of H-pyrrole nitrogens is 1. The van der Waals surface area contributed by atoms with Crippen molar-refractivity contribution in [1.82, 2.24) is 4.98 Å². The summed E-state index contributed by atoms with van der Waals surface area (Å²) in [6, 6.07) is 10.6. The number of aryl methyl sites for hydroxylation is 1. The van der Waals surface area contributed by atoms with Crippen molar-refractivity contribution < 1.29 is 0 Å². The van der Waals surface area contributed by atoms with Gasteiger partial charge in [0.05, 0.1) is 0 Å². The summed E-state index contributed by atoms with van der Waals surface area (Å²) >= 11 is 1.80. The van der Waals surface area contributed by atoms with Crippen LogP contribution in [0.2, 0.25) is 0 Å². The van der Waals surface area contributed by atoms with E-state index in [4.69, 9.17) is 0 Å². The van der Waals surface area contributed by atoms with Crippen molar-refractivity contribution in [2.45, 2.75) is 6.92 Å².